The Morgan fingerprint density at radius 1 is 1.46 bits per heavy atom. The van der Waals surface area contributed by atoms with Crippen molar-refractivity contribution >= 4 is 12.4 Å². The third-order valence-corrected chi connectivity index (χ3v) is 0.952. The molecule has 0 aromatic heterocycles. The van der Waals surface area contributed by atoms with Gasteiger partial charge in [0, 0.05) is 6.20 Å². The zero-order chi connectivity index (χ0) is 10.5. The molecule has 0 aliphatic heterocycles. The van der Waals surface area contributed by atoms with Crippen LogP contribution in [0.3, 0.4) is 0 Å². The average Bonchev–Trinajstić information content (AvgIpc) is 1.96. The fraction of sp³-hybridized carbons (Fsp3) is 0.500. The van der Waals surface area contributed by atoms with Crippen LogP contribution in [0.2, 0.25) is 0 Å². The van der Waals surface area contributed by atoms with Crippen LogP contribution in [-0.2, 0) is 9.53 Å². The highest BCUT2D eigenvalue weighted by Gasteiger charge is 2.16. The van der Waals surface area contributed by atoms with Gasteiger partial charge in [-0.15, -0.1) is 0 Å². The van der Waals surface area contributed by atoms with E-state index in [1.165, 1.54) is 0 Å². The van der Waals surface area contributed by atoms with Gasteiger partial charge in [-0.05, 0) is 20.8 Å². The lowest BCUT2D eigenvalue weighted by atomic mass is 10.2. The van der Waals surface area contributed by atoms with Gasteiger partial charge in [0.2, 0.25) is 0 Å². The van der Waals surface area contributed by atoms with E-state index >= 15 is 0 Å². The lowest BCUT2D eigenvalue weighted by molar-refractivity contribution is -0.105. The van der Waals surface area contributed by atoms with Gasteiger partial charge in [-0.2, -0.15) is 0 Å². The van der Waals surface area contributed by atoms with Gasteiger partial charge in [0.1, 0.15) is 5.60 Å². The molecule has 0 fully saturated rings. The molecule has 0 saturated carbocycles. The molecule has 0 unspecified atom stereocenters. The number of carbonyl (C=O) groups is 2. The largest absolute Gasteiger partial charge is 0.444 e. The molecule has 0 aliphatic carbocycles. The summed E-state index contributed by atoms with van der Waals surface area (Å²) >= 11 is 0. The number of nitrogens with two attached hydrogens (primary N) is 1. The number of nitrogens with one attached hydrogen (secondary N) is 1. The van der Waals surface area contributed by atoms with E-state index in [1.807, 2.05) is 0 Å². The summed E-state index contributed by atoms with van der Waals surface area (Å²) in [6.07, 6.45) is 0.734. The van der Waals surface area contributed by atoms with Crippen LogP contribution >= 0.6 is 0 Å². The molecule has 0 rings (SSSR count). The van der Waals surface area contributed by atoms with Crippen molar-refractivity contribution in [3.8, 4) is 0 Å². The van der Waals surface area contributed by atoms with Gasteiger partial charge >= 0.3 is 6.09 Å². The van der Waals surface area contributed by atoms with Gasteiger partial charge in [-0.3, -0.25) is 10.1 Å². The van der Waals surface area contributed by atoms with E-state index in [0.717, 1.165) is 6.20 Å². The quantitative estimate of drug-likeness (QED) is 0.486. The standard InChI is InChI=1S/C8H14N2O3/c1-8(2,3)13-7(12)10-6(4-9)5-11/h4-5H,9H2,1-3H3,(H,10,12)/b6-4-. The van der Waals surface area contributed by atoms with Crippen molar-refractivity contribution in [2.24, 2.45) is 5.73 Å². The Hall–Kier alpha value is -1.52. The number of allylic oxidation sites excluding steroid dienone is 1. The van der Waals surface area contributed by atoms with E-state index in [-0.39, 0.29) is 5.70 Å². The summed E-state index contributed by atoms with van der Waals surface area (Å²) in [6, 6.07) is 0. The van der Waals surface area contributed by atoms with Crippen LogP contribution in [0.1, 0.15) is 20.8 Å². The number of carbonyl (C=O) groups excluding carboxylic acids is 2. The Morgan fingerprint density at radius 2 is 2.00 bits per heavy atom. The minimum absolute atomic E-state index is 0.0192. The van der Waals surface area contributed by atoms with Gasteiger partial charge in [0.05, 0.1) is 5.70 Å². The van der Waals surface area contributed by atoms with Crippen molar-refractivity contribution in [2.45, 2.75) is 26.4 Å². The van der Waals surface area contributed by atoms with Crippen LogP contribution in [0.15, 0.2) is 11.9 Å². The molecule has 0 heterocycles. The first-order valence-corrected chi connectivity index (χ1v) is 3.76. The van der Waals surface area contributed by atoms with Crippen molar-refractivity contribution < 1.29 is 14.3 Å². The van der Waals surface area contributed by atoms with Crippen molar-refractivity contribution in [2.75, 3.05) is 0 Å². The molecule has 1 amide bonds. The Morgan fingerprint density at radius 3 is 2.31 bits per heavy atom. The molecular weight excluding hydrogens is 172 g/mol. The second-order valence-electron chi connectivity index (χ2n) is 3.37. The number of aldehydes is 1. The first kappa shape index (κ1) is 11.5. The fourth-order valence-corrected chi connectivity index (χ4v) is 0.532. The van der Waals surface area contributed by atoms with E-state index in [9.17, 15) is 9.59 Å². The summed E-state index contributed by atoms with van der Waals surface area (Å²) in [6.45, 7) is 5.16. The number of amides is 1. The molecule has 0 spiro atoms. The Labute approximate surface area is 76.9 Å². The highest BCUT2D eigenvalue weighted by Crippen LogP contribution is 2.06. The molecular formula is C8H14N2O3. The molecule has 0 aromatic rings. The molecule has 0 atom stereocenters. The molecule has 74 valence electrons. The predicted octanol–water partition coefficient (Wildman–Crippen LogP) is 0.510. The summed E-state index contributed by atoms with van der Waals surface area (Å²) in [5.41, 5.74) is 4.42. The summed E-state index contributed by atoms with van der Waals surface area (Å²) in [4.78, 5) is 21.2. The normalized spacial score (nSPS) is 12.1. The minimum Gasteiger partial charge on any atom is -0.444 e. The van der Waals surface area contributed by atoms with Crippen molar-refractivity contribution in [1.82, 2.24) is 5.32 Å². The van der Waals surface area contributed by atoms with Crippen LogP contribution in [-0.4, -0.2) is 18.0 Å². The van der Waals surface area contributed by atoms with E-state index in [2.05, 4.69) is 5.32 Å². The molecule has 5 heteroatoms. The van der Waals surface area contributed by atoms with E-state index in [4.69, 9.17) is 10.5 Å². The van der Waals surface area contributed by atoms with Gasteiger partial charge in [-0.25, -0.2) is 4.79 Å². The van der Waals surface area contributed by atoms with Gasteiger partial charge in [0.15, 0.2) is 6.29 Å². The van der Waals surface area contributed by atoms with Gasteiger partial charge in [0.25, 0.3) is 0 Å². The third kappa shape index (κ3) is 5.72. The minimum atomic E-state index is -0.698. The summed E-state index contributed by atoms with van der Waals surface area (Å²) in [7, 11) is 0. The SMILES string of the molecule is CC(C)(C)OC(=O)N/C(C=O)=C\N. The lowest BCUT2D eigenvalue weighted by Crippen LogP contribution is -2.32. The number of ether oxygens (including phenoxy) is 1. The van der Waals surface area contributed by atoms with Crippen molar-refractivity contribution in [3.05, 3.63) is 11.9 Å². The maximum absolute atomic E-state index is 11.0. The highest BCUT2D eigenvalue weighted by molar-refractivity contribution is 5.81. The summed E-state index contributed by atoms with van der Waals surface area (Å²) in [5.74, 6) is 0. The number of rotatable bonds is 2. The first-order chi connectivity index (χ1) is 5.89. The maximum atomic E-state index is 11.0. The monoisotopic (exact) mass is 186 g/mol. The van der Waals surface area contributed by atoms with E-state index in [0.29, 0.717) is 6.29 Å². The molecule has 5 nitrogen and oxygen atoms in total. The average molecular weight is 186 g/mol. The molecule has 0 bridgehead atoms. The number of alkyl carbamates (subject to hydrolysis) is 1. The van der Waals surface area contributed by atoms with Crippen molar-refractivity contribution in [1.29, 1.82) is 0 Å². The topological polar surface area (TPSA) is 81.4 Å². The predicted molar refractivity (Wildman–Crippen MR) is 47.7 cm³/mol. The number of hydrogen-bond acceptors (Lipinski definition) is 4. The van der Waals surface area contributed by atoms with Gasteiger partial charge < -0.3 is 10.5 Å². The smallest absolute Gasteiger partial charge is 0.412 e. The second kappa shape index (κ2) is 4.49. The Kier molecular flexibility index (Phi) is 3.97. The second-order valence-corrected chi connectivity index (χ2v) is 3.37. The van der Waals surface area contributed by atoms with Crippen LogP contribution in [0.4, 0.5) is 4.79 Å². The van der Waals surface area contributed by atoms with Crippen LogP contribution < -0.4 is 11.1 Å². The molecule has 0 radical (unpaired) electrons. The Bertz CT molecular complexity index is 228. The van der Waals surface area contributed by atoms with E-state index in [1.54, 1.807) is 20.8 Å². The maximum Gasteiger partial charge on any atom is 0.412 e. The third-order valence-electron chi connectivity index (χ3n) is 0.952. The highest BCUT2D eigenvalue weighted by atomic mass is 16.6. The Balaban J connectivity index is 4.09. The van der Waals surface area contributed by atoms with E-state index < -0.39 is 11.7 Å². The summed E-state index contributed by atoms with van der Waals surface area (Å²) < 4.78 is 4.87. The van der Waals surface area contributed by atoms with Crippen LogP contribution in [0.25, 0.3) is 0 Å². The zero-order valence-corrected chi connectivity index (χ0v) is 7.96. The molecule has 0 aromatic carbocycles. The molecule has 13 heavy (non-hydrogen) atoms. The molecule has 3 N–H and O–H groups in total. The fourth-order valence-electron chi connectivity index (χ4n) is 0.532. The van der Waals surface area contributed by atoms with Crippen molar-refractivity contribution in [3.63, 3.8) is 0 Å². The molecule has 0 saturated heterocycles. The van der Waals surface area contributed by atoms with Crippen LogP contribution in [0.5, 0.6) is 0 Å². The van der Waals surface area contributed by atoms with Crippen LogP contribution in [0, 0.1) is 0 Å². The molecule has 0 aliphatic rings. The first-order valence-electron chi connectivity index (χ1n) is 3.76. The van der Waals surface area contributed by atoms with Gasteiger partial charge in [-0.1, -0.05) is 0 Å². The number of hydrogen-bond donors (Lipinski definition) is 2. The zero-order valence-electron chi connectivity index (χ0n) is 7.96. The lowest BCUT2D eigenvalue weighted by Gasteiger charge is -2.19. The summed E-state index contributed by atoms with van der Waals surface area (Å²) in [5, 5.41) is 2.18.